The number of aromatic nitrogens is 2. The summed E-state index contributed by atoms with van der Waals surface area (Å²) in [5.74, 6) is 0.0172. The standard InChI is InChI=1S/C24H24F3N3O3/c1-2-30(15-20-28-19-9-4-3-8-18(19)21(31)29-20)22(32)23(10-12-33-13-11-23)16-6-5-7-17(14-16)24(25,26)27/h3-9,14H,2,10-13,15H2,1H3,(H,28,29,31). The number of hydrogen-bond donors (Lipinski definition) is 1. The number of alkyl halides is 3. The summed E-state index contributed by atoms with van der Waals surface area (Å²) in [6, 6.07) is 11.9. The van der Waals surface area contributed by atoms with E-state index in [9.17, 15) is 22.8 Å². The number of para-hydroxylation sites is 1. The van der Waals surface area contributed by atoms with Gasteiger partial charge in [-0.2, -0.15) is 13.2 Å². The molecule has 2 heterocycles. The number of hydrogen-bond acceptors (Lipinski definition) is 4. The highest BCUT2D eigenvalue weighted by Crippen LogP contribution is 2.39. The first-order valence-corrected chi connectivity index (χ1v) is 10.8. The lowest BCUT2D eigenvalue weighted by Gasteiger charge is -2.40. The fraction of sp³-hybridized carbons (Fsp3) is 0.375. The van der Waals surface area contributed by atoms with E-state index >= 15 is 0 Å². The van der Waals surface area contributed by atoms with Crippen molar-refractivity contribution in [3.8, 4) is 0 Å². The average molecular weight is 459 g/mol. The molecule has 1 aliphatic heterocycles. The van der Waals surface area contributed by atoms with Gasteiger partial charge in [-0.25, -0.2) is 4.98 Å². The molecule has 1 N–H and O–H groups in total. The van der Waals surface area contributed by atoms with Gasteiger partial charge in [0.1, 0.15) is 5.82 Å². The Morgan fingerprint density at radius 3 is 2.58 bits per heavy atom. The van der Waals surface area contributed by atoms with E-state index in [1.807, 2.05) is 0 Å². The van der Waals surface area contributed by atoms with Crippen LogP contribution in [0.3, 0.4) is 0 Å². The summed E-state index contributed by atoms with van der Waals surface area (Å²) in [6.45, 7) is 2.67. The summed E-state index contributed by atoms with van der Waals surface area (Å²) < 4.78 is 45.6. The molecule has 1 aliphatic rings. The molecule has 0 radical (unpaired) electrons. The smallest absolute Gasteiger partial charge is 0.381 e. The van der Waals surface area contributed by atoms with Gasteiger partial charge in [0.05, 0.1) is 28.4 Å². The largest absolute Gasteiger partial charge is 0.416 e. The van der Waals surface area contributed by atoms with Crippen molar-refractivity contribution >= 4 is 16.8 Å². The molecule has 6 nitrogen and oxygen atoms in total. The second-order valence-corrected chi connectivity index (χ2v) is 8.12. The Balaban J connectivity index is 1.71. The summed E-state index contributed by atoms with van der Waals surface area (Å²) in [7, 11) is 0. The quantitative estimate of drug-likeness (QED) is 0.625. The van der Waals surface area contributed by atoms with Gasteiger partial charge >= 0.3 is 6.18 Å². The summed E-state index contributed by atoms with van der Waals surface area (Å²) in [5, 5.41) is 0.445. The van der Waals surface area contributed by atoms with Crippen molar-refractivity contribution in [1.29, 1.82) is 0 Å². The fourth-order valence-electron chi connectivity index (χ4n) is 4.36. The molecular formula is C24H24F3N3O3. The van der Waals surface area contributed by atoms with Gasteiger partial charge in [0.2, 0.25) is 5.91 Å². The number of aromatic amines is 1. The molecule has 0 aliphatic carbocycles. The SMILES string of the molecule is CCN(Cc1nc2ccccc2c(=O)[nH]1)C(=O)C1(c2cccc(C(F)(F)F)c2)CCOCC1. The molecule has 1 aromatic heterocycles. The Hall–Kier alpha value is -3.20. The minimum absolute atomic E-state index is 0.0387. The first-order chi connectivity index (χ1) is 15.7. The molecule has 4 rings (SSSR count). The second kappa shape index (κ2) is 8.97. The number of carbonyl (C=O) groups excluding carboxylic acids is 1. The third kappa shape index (κ3) is 4.50. The Morgan fingerprint density at radius 2 is 1.88 bits per heavy atom. The number of amides is 1. The zero-order chi connectivity index (χ0) is 23.6. The molecule has 0 spiro atoms. The number of fused-ring (bicyclic) bond motifs is 1. The summed E-state index contributed by atoms with van der Waals surface area (Å²) in [6.07, 6.45) is -3.97. The van der Waals surface area contributed by atoms with Crippen molar-refractivity contribution in [1.82, 2.24) is 14.9 Å². The number of nitrogens with zero attached hydrogens (tertiary/aromatic N) is 2. The third-order valence-electron chi connectivity index (χ3n) is 6.17. The molecule has 174 valence electrons. The average Bonchev–Trinajstić information content (AvgIpc) is 2.82. The Morgan fingerprint density at radius 1 is 1.15 bits per heavy atom. The molecule has 1 fully saturated rings. The second-order valence-electron chi connectivity index (χ2n) is 8.12. The first kappa shape index (κ1) is 23.0. The van der Waals surface area contributed by atoms with Crippen molar-refractivity contribution in [2.24, 2.45) is 0 Å². The van der Waals surface area contributed by atoms with E-state index in [-0.39, 0.29) is 44.1 Å². The number of nitrogens with one attached hydrogen (secondary N) is 1. The molecule has 2 aromatic carbocycles. The van der Waals surface area contributed by atoms with Crippen LogP contribution in [0.25, 0.3) is 10.9 Å². The van der Waals surface area contributed by atoms with Gasteiger partial charge < -0.3 is 14.6 Å². The van der Waals surface area contributed by atoms with Crippen LogP contribution in [0, 0.1) is 0 Å². The number of ether oxygens (including phenoxy) is 1. The highest BCUT2D eigenvalue weighted by molar-refractivity contribution is 5.88. The van der Waals surface area contributed by atoms with Crippen LogP contribution >= 0.6 is 0 Å². The maximum absolute atomic E-state index is 13.8. The van der Waals surface area contributed by atoms with Gasteiger partial charge in [0, 0.05) is 19.8 Å². The Labute approximate surface area is 188 Å². The van der Waals surface area contributed by atoms with Crippen LogP contribution in [0.4, 0.5) is 13.2 Å². The van der Waals surface area contributed by atoms with Crippen molar-refractivity contribution < 1.29 is 22.7 Å². The predicted molar refractivity (Wildman–Crippen MR) is 117 cm³/mol. The zero-order valence-corrected chi connectivity index (χ0v) is 18.1. The van der Waals surface area contributed by atoms with Crippen LogP contribution in [0.1, 0.15) is 36.7 Å². The van der Waals surface area contributed by atoms with E-state index in [1.165, 1.54) is 11.0 Å². The van der Waals surface area contributed by atoms with E-state index in [1.54, 1.807) is 37.3 Å². The van der Waals surface area contributed by atoms with Crippen molar-refractivity contribution in [3.63, 3.8) is 0 Å². The number of carbonyl (C=O) groups is 1. The molecule has 1 amide bonds. The maximum Gasteiger partial charge on any atom is 0.416 e. The van der Waals surface area contributed by atoms with Gasteiger partial charge in [-0.3, -0.25) is 9.59 Å². The van der Waals surface area contributed by atoms with Crippen LogP contribution < -0.4 is 5.56 Å². The lowest BCUT2D eigenvalue weighted by atomic mass is 9.72. The van der Waals surface area contributed by atoms with Gasteiger partial charge in [-0.05, 0) is 43.5 Å². The zero-order valence-electron chi connectivity index (χ0n) is 18.1. The predicted octanol–water partition coefficient (Wildman–Crippen LogP) is 4.04. The van der Waals surface area contributed by atoms with Gasteiger partial charge in [-0.15, -0.1) is 0 Å². The topological polar surface area (TPSA) is 75.3 Å². The van der Waals surface area contributed by atoms with Crippen LogP contribution in [0.5, 0.6) is 0 Å². The maximum atomic E-state index is 13.8. The number of benzene rings is 2. The summed E-state index contributed by atoms with van der Waals surface area (Å²) >= 11 is 0. The van der Waals surface area contributed by atoms with E-state index < -0.39 is 17.2 Å². The van der Waals surface area contributed by atoms with Crippen LogP contribution in [-0.2, 0) is 27.7 Å². The van der Waals surface area contributed by atoms with Crippen LogP contribution in [0.2, 0.25) is 0 Å². The first-order valence-electron chi connectivity index (χ1n) is 10.8. The minimum Gasteiger partial charge on any atom is -0.381 e. The highest BCUT2D eigenvalue weighted by atomic mass is 19.4. The summed E-state index contributed by atoms with van der Waals surface area (Å²) in [4.78, 5) is 35.0. The van der Waals surface area contributed by atoms with Crippen molar-refractivity contribution in [2.75, 3.05) is 19.8 Å². The van der Waals surface area contributed by atoms with Crippen LogP contribution in [-0.4, -0.2) is 40.5 Å². The number of rotatable bonds is 5. The normalized spacial score (nSPS) is 16.0. The molecule has 0 unspecified atom stereocenters. The van der Waals surface area contributed by atoms with E-state index in [0.717, 1.165) is 12.1 Å². The molecular weight excluding hydrogens is 435 g/mol. The molecule has 1 saturated heterocycles. The molecule has 9 heteroatoms. The van der Waals surface area contributed by atoms with E-state index in [4.69, 9.17) is 4.74 Å². The molecule has 0 saturated carbocycles. The number of likely N-dealkylation sites (N-methyl/N-ethyl adjacent to an activating group) is 1. The lowest BCUT2D eigenvalue weighted by Crippen LogP contribution is -2.50. The molecule has 0 atom stereocenters. The van der Waals surface area contributed by atoms with E-state index in [0.29, 0.717) is 28.8 Å². The molecule has 3 aromatic rings. The lowest BCUT2D eigenvalue weighted by molar-refractivity contribution is -0.142. The van der Waals surface area contributed by atoms with Crippen LogP contribution in [0.15, 0.2) is 53.3 Å². The third-order valence-corrected chi connectivity index (χ3v) is 6.17. The molecule has 0 bridgehead atoms. The van der Waals surface area contributed by atoms with E-state index in [2.05, 4.69) is 9.97 Å². The highest BCUT2D eigenvalue weighted by Gasteiger charge is 2.45. The minimum atomic E-state index is -4.51. The summed E-state index contributed by atoms with van der Waals surface area (Å²) in [5.41, 5.74) is -1.41. The van der Waals surface area contributed by atoms with Gasteiger partial charge in [0.25, 0.3) is 5.56 Å². The number of H-pyrrole nitrogens is 1. The monoisotopic (exact) mass is 459 g/mol. The fourth-order valence-corrected chi connectivity index (χ4v) is 4.36. The van der Waals surface area contributed by atoms with Crippen molar-refractivity contribution in [2.45, 2.75) is 37.9 Å². The number of halogens is 3. The Bertz CT molecular complexity index is 1220. The van der Waals surface area contributed by atoms with Crippen molar-refractivity contribution in [3.05, 3.63) is 75.8 Å². The molecule has 33 heavy (non-hydrogen) atoms. The Kier molecular flexibility index (Phi) is 6.25. The van der Waals surface area contributed by atoms with Gasteiger partial charge in [-0.1, -0.05) is 30.3 Å². The van der Waals surface area contributed by atoms with Gasteiger partial charge in [0.15, 0.2) is 0 Å².